The van der Waals surface area contributed by atoms with E-state index in [1.807, 2.05) is 0 Å². The fourth-order valence-electron chi connectivity index (χ4n) is 3.15. The number of aryl methyl sites for hydroxylation is 1. The van der Waals surface area contributed by atoms with Crippen LogP contribution in [0.3, 0.4) is 0 Å². The summed E-state index contributed by atoms with van der Waals surface area (Å²) in [6, 6.07) is 3.56. The maximum absolute atomic E-state index is 12.6. The third-order valence-corrected chi connectivity index (χ3v) is 4.53. The van der Waals surface area contributed by atoms with Gasteiger partial charge in [-0.25, -0.2) is 15.0 Å². The van der Waals surface area contributed by atoms with E-state index in [0.717, 1.165) is 43.0 Å². The van der Waals surface area contributed by atoms with E-state index >= 15 is 0 Å². The lowest BCUT2D eigenvalue weighted by Gasteiger charge is -2.29. The lowest BCUT2D eigenvalue weighted by molar-refractivity contribution is 0.0731. The maximum Gasteiger partial charge on any atom is 0.255 e. The molecule has 4 rings (SSSR count). The number of aromatic nitrogens is 6. The molecule has 0 saturated carbocycles. The normalized spacial score (nSPS) is 13.3. The van der Waals surface area contributed by atoms with Crippen LogP contribution in [0.4, 0.5) is 5.82 Å². The Hall–Kier alpha value is -3.36. The topological polar surface area (TPSA) is 102 Å². The molecule has 9 heteroatoms. The van der Waals surface area contributed by atoms with Gasteiger partial charge < -0.3 is 10.2 Å². The van der Waals surface area contributed by atoms with Gasteiger partial charge in [0.15, 0.2) is 0 Å². The third-order valence-electron chi connectivity index (χ3n) is 4.53. The Morgan fingerprint density at radius 1 is 1.22 bits per heavy atom. The Bertz CT molecular complexity index is 897. The van der Waals surface area contributed by atoms with E-state index in [0.29, 0.717) is 18.7 Å². The fourth-order valence-corrected chi connectivity index (χ4v) is 3.15. The highest BCUT2D eigenvalue weighted by molar-refractivity contribution is 5.94. The average Bonchev–Trinajstić information content (AvgIpc) is 3.24. The molecule has 1 N–H and O–H groups in total. The molecule has 0 aromatic carbocycles. The van der Waals surface area contributed by atoms with Gasteiger partial charge in [0.2, 0.25) is 0 Å². The minimum atomic E-state index is -0.0188. The van der Waals surface area contributed by atoms with Crippen LogP contribution in [0.15, 0.2) is 43.5 Å². The number of rotatable bonds is 6. The summed E-state index contributed by atoms with van der Waals surface area (Å²) >= 11 is 0. The predicted molar refractivity (Wildman–Crippen MR) is 97.8 cm³/mol. The van der Waals surface area contributed by atoms with Crippen LogP contribution in [0.2, 0.25) is 0 Å². The molecule has 0 saturated heterocycles. The van der Waals surface area contributed by atoms with Gasteiger partial charge in [-0.2, -0.15) is 5.10 Å². The molecule has 0 atom stereocenters. The molecule has 3 aromatic rings. The number of nitrogens with zero attached hydrogens (tertiary/aromatic N) is 7. The van der Waals surface area contributed by atoms with Crippen molar-refractivity contribution in [2.24, 2.45) is 0 Å². The quantitative estimate of drug-likeness (QED) is 0.655. The number of hydrogen-bond acceptors (Lipinski definition) is 7. The molecule has 3 aromatic heterocycles. The first-order chi connectivity index (χ1) is 13.3. The summed E-state index contributed by atoms with van der Waals surface area (Å²) in [5, 5.41) is 7.48. The van der Waals surface area contributed by atoms with Crippen molar-refractivity contribution in [1.82, 2.24) is 34.6 Å². The van der Waals surface area contributed by atoms with Crippen molar-refractivity contribution in [2.75, 3.05) is 18.4 Å². The van der Waals surface area contributed by atoms with Gasteiger partial charge in [0.1, 0.15) is 24.8 Å². The molecule has 0 fully saturated rings. The molecule has 0 bridgehead atoms. The second-order valence-electron chi connectivity index (χ2n) is 6.30. The van der Waals surface area contributed by atoms with Gasteiger partial charge in [-0.15, -0.1) is 0 Å². The van der Waals surface area contributed by atoms with Crippen LogP contribution in [0.1, 0.15) is 28.0 Å². The van der Waals surface area contributed by atoms with Gasteiger partial charge >= 0.3 is 0 Å². The maximum atomic E-state index is 12.6. The summed E-state index contributed by atoms with van der Waals surface area (Å²) in [5.74, 6) is 0.835. The highest BCUT2D eigenvalue weighted by atomic mass is 16.2. The zero-order valence-electron chi connectivity index (χ0n) is 14.8. The molecular weight excluding hydrogens is 344 g/mol. The van der Waals surface area contributed by atoms with E-state index in [4.69, 9.17) is 0 Å². The first-order valence-electron chi connectivity index (χ1n) is 8.89. The van der Waals surface area contributed by atoms with Crippen LogP contribution >= 0.6 is 0 Å². The van der Waals surface area contributed by atoms with Crippen molar-refractivity contribution in [2.45, 2.75) is 25.9 Å². The van der Waals surface area contributed by atoms with E-state index < -0.39 is 0 Å². The molecule has 0 radical (unpaired) electrons. The van der Waals surface area contributed by atoms with Crippen molar-refractivity contribution < 1.29 is 4.79 Å². The van der Waals surface area contributed by atoms with Gasteiger partial charge in [-0.3, -0.25) is 14.5 Å². The lowest BCUT2D eigenvalue weighted by atomic mass is 10.0. The van der Waals surface area contributed by atoms with Crippen LogP contribution in [0.25, 0.3) is 0 Å². The zero-order chi connectivity index (χ0) is 18.5. The number of fused-ring (bicyclic) bond motifs is 1. The minimum Gasteiger partial charge on any atom is -0.370 e. The van der Waals surface area contributed by atoms with E-state index in [1.54, 1.807) is 46.8 Å². The fraction of sp³-hybridized carbons (Fsp3) is 0.333. The summed E-state index contributed by atoms with van der Waals surface area (Å²) in [4.78, 5) is 31.2. The smallest absolute Gasteiger partial charge is 0.255 e. The van der Waals surface area contributed by atoms with Gasteiger partial charge in [0.05, 0.1) is 17.8 Å². The summed E-state index contributed by atoms with van der Waals surface area (Å²) in [6.07, 6.45) is 9.70. The van der Waals surface area contributed by atoms with Crippen molar-refractivity contribution in [3.8, 4) is 0 Å². The van der Waals surface area contributed by atoms with Crippen LogP contribution in [0, 0.1) is 0 Å². The highest BCUT2D eigenvalue weighted by Crippen LogP contribution is 2.23. The second kappa shape index (κ2) is 7.90. The molecule has 0 spiro atoms. The van der Waals surface area contributed by atoms with Crippen molar-refractivity contribution in [3.05, 3.63) is 60.3 Å². The van der Waals surface area contributed by atoms with Gasteiger partial charge in [-0.05, 0) is 25.0 Å². The summed E-state index contributed by atoms with van der Waals surface area (Å²) in [5.41, 5.74) is 2.59. The predicted octanol–water partition coefficient (Wildman–Crippen LogP) is 1.16. The van der Waals surface area contributed by atoms with Gasteiger partial charge in [-0.1, -0.05) is 0 Å². The second-order valence-corrected chi connectivity index (χ2v) is 6.30. The molecule has 1 aliphatic heterocycles. The van der Waals surface area contributed by atoms with Gasteiger partial charge in [0, 0.05) is 37.6 Å². The van der Waals surface area contributed by atoms with E-state index in [2.05, 4.69) is 30.4 Å². The van der Waals surface area contributed by atoms with Crippen molar-refractivity contribution in [3.63, 3.8) is 0 Å². The van der Waals surface area contributed by atoms with Crippen LogP contribution in [-0.4, -0.2) is 53.6 Å². The Morgan fingerprint density at radius 3 is 3.00 bits per heavy atom. The third kappa shape index (κ3) is 3.91. The number of carbonyl (C=O) groups is 1. The van der Waals surface area contributed by atoms with Crippen molar-refractivity contribution >= 4 is 11.7 Å². The number of nitrogens with one attached hydrogen (secondary N) is 1. The standard InChI is InChI=1S/C18H20N8O/c27-18(14-3-1-5-19-9-14)25-8-4-15-16(10-25)22-12-23-17(15)21-6-2-7-26-13-20-11-24-26/h1,3,5,9,11-13H,2,4,6-8,10H2,(H,21,22,23). The van der Waals surface area contributed by atoms with Gasteiger partial charge in [0.25, 0.3) is 5.91 Å². The summed E-state index contributed by atoms with van der Waals surface area (Å²) in [6.45, 7) is 2.70. The molecule has 1 aliphatic rings. The number of carbonyl (C=O) groups excluding carboxylic acids is 1. The number of hydrogen-bond donors (Lipinski definition) is 1. The van der Waals surface area contributed by atoms with Crippen LogP contribution in [0.5, 0.6) is 0 Å². The molecule has 0 aliphatic carbocycles. The first-order valence-corrected chi connectivity index (χ1v) is 8.89. The van der Waals surface area contributed by atoms with Crippen molar-refractivity contribution in [1.29, 1.82) is 0 Å². The monoisotopic (exact) mass is 364 g/mol. The van der Waals surface area contributed by atoms with Crippen LogP contribution < -0.4 is 5.32 Å². The number of amides is 1. The Labute approximate surface area is 156 Å². The van der Waals surface area contributed by atoms with Crippen LogP contribution in [-0.2, 0) is 19.5 Å². The lowest BCUT2D eigenvalue weighted by Crippen LogP contribution is -2.37. The highest BCUT2D eigenvalue weighted by Gasteiger charge is 2.25. The summed E-state index contributed by atoms with van der Waals surface area (Å²) in [7, 11) is 0. The Kier molecular flexibility index (Phi) is 4.99. The van der Waals surface area contributed by atoms with E-state index in [-0.39, 0.29) is 5.91 Å². The number of pyridine rings is 1. The minimum absolute atomic E-state index is 0.0188. The summed E-state index contributed by atoms with van der Waals surface area (Å²) < 4.78 is 1.80. The molecule has 138 valence electrons. The van der Waals surface area contributed by atoms with E-state index in [9.17, 15) is 4.79 Å². The average molecular weight is 364 g/mol. The zero-order valence-corrected chi connectivity index (χ0v) is 14.8. The molecule has 0 unspecified atom stereocenters. The SMILES string of the molecule is O=C(c1cccnc1)N1CCc2c(ncnc2NCCCn2cncn2)C1. The molecule has 27 heavy (non-hydrogen) atoms. The Morgan fingerprint density at radius 2 is 2.19 bits per heavy atom. The molecule has 1 amide bonds. The molecular formula is C18H20N8O. The molecule has 4 heterocycles. The molecule has 9 nitrogen and oxygen atoms in total. The largest absolute Gasteiger partial charge is 0.370 e. The first kappa shape index (κ1) is 17.1. The number of anilines is 1. The Balaban J connectivity index is 1.38. The van der Waals surface area contributed by atoms with E-state index in [1.165, 1.54) is 6.33 Å².